The van der Waals surface area contributed by atoms with Gasteiger partial charge in [0.1, 0.15) is 12.7 Å². The van der Waals surface area contributed by atoms with Crippen molar-refractivity contribution < 1.29 is 23.7 Å². The normalized spacial score (nSPS) is 17.0. The molecule has 29 heavy (non-hydrogen) atoms. The van der Waals surface area contributed by atoms with Gasteiger partial charge < -0.3 is 24.3 Å². The average molecular weight is 403 g/mol. The van der Waals surface area contributed by atoms with Crippen LogP contribution in [0.15, 0.2) is 30.5 Å². The van der Waals surface area contributed by atoms with Crippen molar-refractivity contribution in [2.75, 3.05) is 26.9 Å². The van der Waals surface area contributed by atoms with Crippen LogP contribution in [-0.4, -0.2) is 54.9 Å². The quantitative estimate of drug-likeness (QED) is 0.692. The highest BCUT2D eigenvalue weighted by Crippen LogP contribution is 2.34. The SMILES string of the molecule is CCC(C)NC(=O)OCCn1nccc1-c1ccc(OC)c(O[C@@H]2CCOC2)c1. The van der Waals surface area contributed by atoms with Crippen molar-refractivity contribution in [3.8, 4) is 22.8 Å². The lowest BCUT2D eigenvalue weighted by atomic mass is 10.1. The topological polar surface area (TPSA) is 83.8 Å². The zero-order chi connectivity index (χ0) is 20.6. The smallest absolute Gasteiger partial charge is 0.407 e. The number of rotatable bonds is 9. The summed E-state index contributed by atoms with van der Waals surface area (Å²) in [5.41, 5.74) is 1.85. The van der Waals surface area contributed by atoms with Crippen molar-refractivity contribution in [2.24, 2.45) is 0 Å². The molecular weight excluding hydrogens is 374 g/mol. The van der Waals surface area contributed by atoms with E-state index in [9.17, 15) is 4.79 Å². The van der Waals surface area contributed by atoms with E-state index in [0.717, 1.165) is 24.1 Å². The van der Waals surface area contributed by atoms with Crippen LogP contribution in [0.25, 0.3) is 11.3 Å². The molecule has 1 aromatic carbocycles. The molecule has 1 unspecified atom stereocenters. The number of ether oxygens (including phenoxy) is 4. The molecule has 1 aliphatic heterocycles. The molecule has 0 spiro atoms. The van der Waals surface area contributed by atoms with Gasteiger partial charge in [-0.25, -0.2) is 4.79 Å². The summed E-state index contributed by atoms with van der Waals surface area (Å²) in [6.07, 6.45) is 3.06. The number of hydrogen-bond acceptors (Lipinski definition) is 6. The van der Waals surface area contributed by atoms with Crippen molar-refractivity contribution in [3.63, 3.8) is 0 Å². The molecule has 0 radical (unpaired) electrons. The predicted octanol–water partition coefficient (Wildman–Crippen LogP) is 3.25. The minimum atomic E-state index is -0.410. The molecule has 8 nitrogen and oxygen atoms in total. The van der Waals surface area contributed by atoms with Gasteiger partial charge in [0.2, 0.25) is 0 Å². The number of methoxy groups -OCH3 is 1. The molecule has 1 amide bonds. The fraction of sp³-hybridized carbons (Fsp3) is 0.524. The number of carbonyl (C=O) groups is 1. The Labute approximate surface area is 171 Å². The van der Waals surface area contributed by atoms with E-state index < -0.39 is 6.09 Å². The summed E-state index contributed by atoms with van der Waals surface area (Å²) in [6, 6.07) is 7.80. The fourth-order valence-electron chi connectivity index (χ4n) is 3.04. The molecule has 0 aliphatic carbocycles. The van der Waals surface area contributed by atoms with Gasteiger partial charge in [-0.05, 0) is 37.6 Å². The second kappa shape index (κ2) is 10.2. The molecule has 3 rings (SSSR count). The lowest BCUT2D eigenvalue weighted by Crippen LogP contribution is -2.33. The first-order valence-electron chi connectivity index (χ1n) is 9.98. The highest BCUT2D eigenvalue weighted by atomic mass is 16.6. The minimum Gasteiger partial charge on any atom is -0.493 e. The highest BCUT2D eigenvalue weighted by Gasteiger charge is 2.20. The summed E-state index contributed by atoms with van der Waals surface area (Å²) in [5.74, 6) is 1.36. The number of aromatic nitrogens is 2. The van der Waals surface area contributed by atoms with E-state index in [1.165, 1.54) is 0 Å². The Morgan fingerprint density at radius 1 is 1.38 bits per heavy atom. The average Bonchev–Trinajstić information content (AvgIpc) is 3.40. The first-order valence-corrected chi connectivity index (χ1v) is 9.98. The number of amides is 1. The van der Waals surface area contributed by atoms with Crippen molar-refractivity contribution in [3.05, 3.63) is 30.5 Å². The summed E-state index contributed by atoms with van der Waals surface area (Å²) in [7, 11) is 1.62. The van der Waals surface area contributed by atoms with E-state index in [4.69, 9.17) is 18.9 Å². The van der Waals surface area contributed by atoms with E-state index in [1.54, 1.807) is 18.0 Å². The minimum absolute atomic E-state index is 0.0292. The predicted molar refractivity (Wildman–Crippen MR) is 108 cm³/mol. The van der Waals surface area contributed by atoms with Crippen LogP contribution in [0.5, 0.6) is 11.5 Å². The van der Waals surface area contributed by atoms with E-state index in [-0.39, 0.29) is 18.8 Å². The van der Waals surface area contributed by atoms with Crippen LogP contribution in [0.4, 0.5) is 4.79 Å². The van der Waals surface area contributed by atoms with Gasteiger partial charge in [0.15, 0.2) is 11.5 Å². The van der Waals surface area contributed by atoms with Gasteiger partial charge in [0.25, 0.3) is 0 Å². The number of nitrogens with zero attached hydrogens (tertiary/aromatic N) is 2. The van der Waals surface area contributed by atoms with E-state index in [2.05, 4.69) is 10.4 Å². The third kappa shape index (κ3) is 5.63. The van der Waals surface area contributed by atoms with Crippen LogP contribution >= 0.6 is 0 Å². The fourth-order valence-corrected chi connectivity index (χ4v) is 3.04. The second-order valence-electron chi connectivity index (χ2n) is 7.00. The molecule has 8 heteroatoms. The molecule has 1 fully saturated rings. The summed E-state index contributed by atoms with van der Waals surface area (Å²) < 4.78 is 24.0. The molecule has 158 valence electrons. The lowest BCUT2D eigenvalue weighted by Gasteiger charge is -2.16. The maximum Gasteiger partial charge on any atom is 0.407 e. The van der Waals surface area contributed by atoms with Gasteiger partial charge >= 0.3 is 6.09 Å². The molecule has 0 saturated carbocycles. The van der Waals surface area contributed by atoms with Crippen molar-refractivity contribution >= 4 is 6.09 Å². The zero-order valence-corrected chi connectivity index (χ0v) is 17.2. The molecule has 2 aromatic rings. The Bertz CT molecular complexity index is 801. The monoisotopic (exact) mass is 403 g/mol. The molecule has 1 N–H and O–H groups in total. The van der Waals surface area contributed by atoms with Crippen LogP contribution in [0, 0.1) is 0 Å². The third-order valence-corrected chi connectivity index (χ3v) is 4.87. The van der Waals surface area contributed by atoms with Gasteiger partial charge in [-0.1, -0.05) is 6.92 Å². The summed E-state index contributed by atoms with van der Waals surface area (Å²) in [6.45, 7) is 5.93. The standard InChI is InChI=1S/C21H29N3O5/c1-4-15(2)23-21(25)28-12-10-24-18(7-9-22-24)16-5-6-19(26-3)20(13-16)29-17-8-11-27-14-17/h5-7,9,13,15,17H,4,8,10-12,14H2,1-3H3,(H,23,25)/t15?,17-/m1/s1. The molecule has 0 bridgehead atoms. The Kier molecular flexibility index (Phi) is 7.35. The maximum absolute atomic E-state index is 11.8. The largest absolute Gasteiger partial charge is 0.493 e. The first kappa shape index (κ1) is 21.0. The van der Waals surface area contributed by atoms with Gasteiger partial charge in [0.05, 0.1) is 32.6 Å². The third-order valence-electron chi connectivity index (χ3n) is 4.87. The van der Waals surface area contributed by atoms with Crippen LogP contribution in [0.2, 0.25) is 0 Å². The first-order chi connectivity index (χ1) is 14.1. The maximum atomic E-state index is 11.8. The molecule has 1 aromatic heterocycles. The molecule has 1 saturated heterocycles. The number of benzene rings is 1. The van der Waals surface area contributed by atoms with Crippen LogP contribution in [-0.2, 0) is 16.0 Å². The molecule has 1 aliphatic rings. The Hall–Kier alpha value is -2.74. The summed E-state index contributed by atoms with van der Waals surface area (Å²) in [4.78, 5) is 11.8. The van der Waals surface area contributed by atoms with Gasteiger partial charge in [-0.2, -0.15) is 5.10 Å². The van der Waals surface area contributed by atoms with Crippen molar-refractivity contribution in [1.29, 1.82) is 0 Å². The number of hydrogen-bond donors (Lipinski definition) is 1. The number of alkyl carbamates (subject to hydrolysis) is 1. The van der Waals surface area contributed by atoms with Crippen molar-refractivity contribution in [1.82, 2.24) is 15.1 Å². The summed E-state index contributed by atoms with van der Waals surface area (Å²) >= 11 is 0. The Morgan fingerprint density at radius 3 is 2.97 bits per heavy atom. The lowest BCUT2D eigenvalue weighted by molar-refractivity contribution is 0.137. The molecule has 2 heterocycles. The van der Waals surface area contributed by atoms with E-state index in [0.29, 0.717) is 31.3 Å². The second-order valence-corrected chi connectivity index (χ2v) is 7.00. The van der Waals surface area contributed by atoms with E-state index in [1.807, 2.05) is 38.1 Å². The van der Waals surface area contributed by atoms with Gasteiger partial charge in [-0.15, -0.1) is 0 Å². The number of nitrogens with one attached hydrogen (secondary N) is 1. The van der Waals surface area contributed by atoms with Gasteiger partial charge in [0, 0.05) is 24.2 Å². The summed E-state index contributed by atoms with van der Waals surface area (Å²) in [5, 5.41) is 7.13. The zero-order valence-electron chi connectivity index (χ0n) is 17.2. The van der Waals surface area contributed by atoms with Crippen LogP contribution in [0.1, 0.15) is 26.7 Å². The van der Waals surface area contributed by atoms with Crippen molar-refractivity contribution in [2.45, 2.75) is 45.4 Å². The van der Waals surface area contributed by atoms with E-state index >= 15 is 0 Å². The van der Waals surface area contributed by atoms with Crippen LogP contribution < -0.4 is 14.8 Å². The molecular formula is C21H29N3O5. The van der Waals surface area contributed by atoms with Gasteiger partial charge in [-0.3, -0.25) is 4.68 Å². The van der Waals surface area contributed by atoms with Crippen LogP contribution in [0.3, 0.4) is 0 Å². The number of carbonyl (C=O) groups excluding carboxylic acids is 1. The Balaban J connectivity index is 1.66. The molecule has 2 atom stereocenters. The Morgan fingerprint density at radius 2 is 2.24 bits per heavy atom. The highest BCUT2D eigenvalue weighted by molar-refractivity contribution is 5.67.